The van der Waals surface area contributed by atoms with E-state index in [4.69, 9.17) is 5.11 Å². The number of thiazole rings is 1. The molecular weight excluding hydrogens is 419 g/mol. The molecule has 1 atom stereocenters. The molecule has 1 aromatic carbocycles. The summed E-state index contributed by atoms with van der Waals surface area (Å²) >= 11 is 0. The predicted octanol–water partition coefficient (Wildman–Crippen LogP) is 3.01. The van der Waals surface area contributed by atoms with Crippen LogP contribution in [0.1, 0.15) is 11.3 Å². The number of sulfone groups is 1. The molecule has 0 aliphatic heterocycles. The van der Waals surface area contributed by atoms with Crippen LogP contribution in [0.5, 0.6) is 0 Å². The Hall–Kier alpha value is -2.18. The second-order valence-corrected chi connectivity index (χ2v) is 9.77. The summed E-state index contributed by atoms with van der Waals surface area (Å²) in [6.07, 6.45) is -4.15. The third-order valence-electron chi connectivity index (χ3n) is 3.68. The van der Waals surface area contributed by atoms with Gasteiger partial charge in [0.2, 0.25) is 0 Å². The summed E-state index contributed by atoms with van der Waals surface area (Å²) in [4.78, 5) is 16.8. The summed E-state index contributed by atoms with van der Waals surface area (Å²) < 4.78 is 63.7. The number of rotatable bonds is 5. The van der Waals surface area contributed by atoms with Crippen LogP contribution < -0.4 is 5.32 Å². The van der Waals surface area contributed by atoms with Gasteiger partial charge in [0.1, 0.15) is 0 Å². The fraction of sp³-hybridized carbons (Fsp3) is 0.375. The van der Waals surface area contributed by atoms with Crippen molar-refractivity contribution in [3.63, 3.8) is 0 Å². The summed E-state index contributed by atoms with van der Waals surface area (Å²) in [6, 6.07) is 2.40. The van der Waals surface area contributed by atoms with E-state index < -0.39 is 43.0 Å². The zero-order valence-corrected chi connectivity index (χ0v) is 16.9. The first-order valence-corrected chi connectivity index (χ1v) is 11.1. The summed E-state index contributed by atoms with van der Waals surface area (Å²) in [5, 5.41) is 13.2. The van der Waals surface area contributed by atoms with Crippen molar-refractivity contribution in [1.29, 1.82) is 0 Å². The lowest BCUT2D eigenvalue weighted by atomic mass is 10.2. The van der Waals surface area contributed by atoms with Crippen molar-refractivity contribution in [3.8, 4) is 4.90 Å². The van der Waals surface area contributed by atoms with Crippen molar-refractivity contribution in [3.05, 3.63) is 34.8 Å². The van der Waals surface area contributed by atoms with Crippen LogP contribution in [0, 0.1) is 6.92 Å². The van der Waals surface area contributed by atoms with E-state index in [1.807, 2.05) is 0 Å². The molecule has 7 nitrogen and oxygen atoms in total. The second-order valence-electron chi connectivity index (χ2n) is 6.02. The number of carbonyl (C=O) groups excluding carboxylic acids is 1. The van der Waals surface area contributed by atoms with E-state index in [2.05, 4.69) is 10.3 Å². The van der Waals surface area contributed by atoms with Crippen molar-refractivity contribution in [2.24, 2.45) is 0 Å². The molecule has 2 aromatic rings. The Morgan fingerprint density at radius 3 is 2.54 bits per heavy atom. The number of anilines is 1. The molecule has 0 fully saturated rings. The van der Waals surface area contributed by atoms with Gasteiger partial charge in [-0.25, -0.2) is 18.5 Å². The van der Waals surface area contributed by atoms with Gasteiger partial charge in [0.15, 0.2) is 20.1 Å². The summed E-state index contributed by atoms with van der Waals surface area (Å²) in [6.45, 7) is 1.45. The number of nitrogens with one attached hydrogen (secondary N) is 1. The number of amides is 2. The van der Waals surface area contributed by atoms with E-state index in [1.165, 1.54) is 18.0 Å². The summed E-state index contributed by atoms with van der Waals surface area (Å²) in [7, 11) is -3.74. The van der Waals surface area contributed by atoms with E-state index in [-0.39, 0.29) is 23.2 Å². The quantitative estimate of drug-likeness (QED) is 0.699. The highest BCUT2D eigenvalue weighted by Crippen LogP contribution is 2.43. The minimum Gasteiger partial charge on any atom is -0.395 e. The third kappa shape index (κ3) is 5.00. The van der Waals surface area contributed by atoms with Crippen LogP contribution in [0.15, 0.2) is 28.5 Å². The maximum atomic E-state index is 13.4. The molecule has 1 unspecified atom stereocenters. The Labute approximate surface area is 162 Å². The first-order chi connectivity index (χ1) is 12.8. The van der Waals surface area contributed by atoms with Crippen LogP contribution in [0.3, 0.4) is 0 Å². The fourth-order valence-electron chi connectivity index (χ4n) is 2.35. The van der Waals surface area contributed by atoms with Gasteiger partial charge in [0.05, 0.1) is 33.2 Å². The van der Waals surface area contributed by atoms with Crippen molar-refractivity contribution in [2.45, 2.75) is 18.0 Å². The molecule has 1 aromatic heterocycles. The Balaban J connectivity index is 2.53. The Bertz CT molecular complexity index is 988. The zero-order chi connectivity index (χ0) is 21.3. The predicted molar refractivity (Wildman–Crippen MR) is 99.6 cm³/mol. The molecule has 12 heteroatoms. The number of benzene rings is 1. The Morgan fingerprint density at radius 2 is 2.00 bits per heavy atom. The molecular formula is C16H19F3N3O4S2+. The number of alkyl halides is 3. The minimum atomic E-state index is -4.86. The van der Waals surface area contributed by atoms with E-state index in [0.29, 0.717) is 11.9 Å². The number of carbonyl (C=O) groups is 1. The largest absolute Gasteiger partial charge is 0.417 e. The van der Waals surface area contributed by atoms with Crippen molar-refractivity contribution >= 4 is 31.5 Å². The van der Waals surface area contributed by atoms with Gasteiger partial charge in [-0.05, 0) is 19.1 Å². The Morgan fingerprint density at radius 1 is 1.36 bits per heavy atom. The minimum absolute atomic E-state index is 0.0700. The number of aliphatic hydroxyl groups is 1. The number of hydrogen-bond acceptors (Lipinski definition) is 5. The number of urea groups is 1. The number of aryl methyl sites for hydroxylation is 1. The third-order valence-corrected chi connectivity index (χ3v) is 6.78. The molecule has 0 spiro atoms. The molecule has 0 bridgehead atoms. The molecule has 28 heavy (non-hydrogen) atoms. The maximum absolute atomic E-state index is 13.4. The van der Waals surface area contributed by atoms with E-state index in [9.17, 15) is 26.4 Å². The van der Waals surface area contributed by atoms with Gasteiger partial charge >= 0.3 is 17.3 Å². The maximum Gasteiger partial charge on any atom is 0.417 e. The average molecular weight is 438 g/mol. The summed E-state index contributed by atoms with van der Waals surface area (Å²) in [5.41, 5.74) is -0.759. The number of nitrogens with zero attached hydrogens (tertiary/aromatic N) is 2. The van der Waals surface area contributed by atoms with Crippen molar-refractivity contribution in [1.82, 2.24) is 9.88 Å². The molecule has 0 aliphatic carbocycles. The van der Waals surface area contributed by atoms with Crippen LogP contribution in [0.25, 0.3) is 4.90 Å². The van der Waals surface area contributed by atoms with E-state index >= 15 is 0 Å². The number of likely N-dealkylation sites (N-methyl/N-ethyl adjacent to an activating group) is 1. The van der Waals surface area contributed by atoms with Gasteiger partial charge in [-0.3, -0.25) is 0 Å². The van der Waals surface area contributed by atoms with Crippen LogP contribution in [0.2, 0.25) is 0 Å². The molecule has 2 N–H and O–H groups in total. The number of aliphatic hydroxyl groups excluding tert-OH is 1. The van der Waals surface area contributed by atoms with Gasteiger partial charge in [-0.15, -0.1) is 0 Å². The first-order valence-electron chi connectivity index (χ1n) is 7.89. The summed E-state index contributed by atoms with van der Waals surface area (Å²) in [5.74, 6) is 0. The van der Waals surface area contributed by atoms with Gasteiger partial charge in [0.25, 0.3) is 0 Å². The lowest BCUT2D eigenvalue weighted by molar-refractivity contribution is -0.139. The first kappa shape index (κ1) is 22.1. The smallest absolute Gasteiger partial charge is 0.395 e. The SMILES string of the molecule is Cc1c[s+](-c2ccc(S(C)(=O)=O)c(C(F)(F)F)c2)c(NC(=O)N(C)CCO)n1. The molecule has 1 heterocycles. The molecule has 2 amide bonds. The zero-order valence-electron chi connectivity index (χ0n) is 15.2. The van der Waals surface area contributed by atoms with E-state index in [0.717, 1.165) is 12.1 Å². The Kier molecular flexibility index (Phi) is 6.36. The van der Waals surface area contributed by atoms with Crippen LogP contribution in [-0.4, -0.2) is 55.9 Å². The van der Waals surface area contributed by atoms with Crippen molar-refractivity contribution < 1.29 is 31.5 Å². The molecule has 154 valence electrons. The normalized spacial score (nSPS) is 12.8. The lowest BCUT2D eigenvalue weighted by Gasteiger charge is -2.14. The molecule has 2 rings (SSSR count). The lowest BCUT2D eigenvalue weighted by Crippen LogP contribution is -2.33. The van der Waals surface area contributed by atoms with Gasteiger partial charge < -0.3 is 10.0 Å². The van der Waals surface area contributed by atoms with Gasteiger partial charge in [-0.2, -0.15) is 18.2 Å². The monoisotopic (exact) mass is 438 g/mol. The second kappa shape index (κ2) is 8.05. The highest BCUT2D eigenvalue weighted by Gasteiger charge is 2.38. The molecule has 0 aliphatic rings. The highest BCUT2D eigenvalue weighted by molar-refractivity contribution is 7.90. The van der Waals surface area contributed by atoms with Gasteiger partial charge in [-0.1, -0.05) is 0 Å². The van der Waals surface area contributed by atoms with Crippen LogP contribution in [0.4, 0.5) is 23.1 Å². The molecule has 0 saturated heterocycles. The standard InChI is InChI=1S/C16H18F3N3O4S2/c1-10-9-27(14(20-10)21-15(24)22(2)6-7-23)11-4-5-13(28(3,25)26)12(8-11)16(17,18)19/h4-5,8-9,23H,6-7H2,1-3H3/p+1. The van der Waals surface area contributed by atoms with Crippen LogP contribution in [-0.2, 0) is 16.0 Å². The fourth-order valence-corrected chi connectivity index (χ4v) is 5.01. The molecule has 0 radical (unpaired) electrons. The highest BCUT2D eigenvalue weighted by atomic mass is 32.2. The number of hydrogen-bond donors (Lipinski definition) is 2. The number of aromatic nitrogens is 1. The van der Waals surface area contributed by atoms with E-state index in [1.54, 1.807) is 12.3 Å². The van der Waals surface area contributed by atoms with Crippen LogP contribution >= 0.6 is 10.5 Å². The van der Waals surface area contributed by atoms with Crippen molar-refractivity contribution in [2.75, 3.05) is 31.8 Å². The number of halogens is 3. The average Bonchev–Trinajstić information content (AvgIpc) is 2.93. The topological polar surface area (TPSA) is 99.6 Å². The van der Waals surface area contributed by atoms with Gasteiger partial charge in [0, 0.05) is 25.9 Å². The molecule has 0 saturated carbocycles.